The Morgan fingerprint density at radius 1 is 0.925 bits per heavy atom. The van der Waals surface area contributed by atoms with E-state index in [1.807, 2.05) is 18.5 Å². The fourth-order valence-electron chi connectivity index (χ4n) is 5.07. The number of halogens is 1. The number of nitrogens with one attached hydrogen (secondary N) is 3. The van der Waals surface area contributed by atoms with Gasteiger partial charge in [-0.25, -0.2) is 14.4 Å². The minimum atomic E-state index is -0.323. The number of pyridine rings is 3. The standard InChI is InChI=1S/C29H27FN10/c1-39-6-8-40(9-7-39)17-34-20-10-18(12-31-14-20)19-11-22-27(37-38-28(22)33-13-19)29-35-25-16-32-15-23(26(25)36-29)21-4-2-3-5-24(21)30/h2-5,10-16,34H,6-9,17H2,1H3,(H,35,36)(H,33,37,38). The Kier molecular flexibility index (Phi) is 6.14. The molecule has 200 valence electrons. The number of piperazine rings is 1. The first kappa shape index (κ1) is 24.3. The van der Waals surface area contributed by atoms with Crippen molar-refractivity contribution in [3.63, 3.8) is 0 Å². The van der Waals surface area contributed by atoms with Gasteiger partial charge in [0.1, 0.15) is 17.0 Å². The highest BCUT2D eigenvalue weighted by atomic mass is 19.1. The second-order valence-corrected chi connectivity index (χ2v) is 10.1. The summed E-state index contributed by atoms with van der Waals surface area (Å²) in [6, 6.07) is 10.7. The van der Waals surface area contributed by atoms with Gasteiger partial charge >= 0.3 is 0 Å². The number of nitrogens with zero attached hydrogens (tertiary/aromatic N) is 7. The largest absolute Gasteiger partial charge is 0.371 e. The fraction of sp³-hybridized carbons (Fsp3) is 0.207. The van der Waals surface area contributed by atoms with E-state index in [2.05, 4.69) is 58.4 Å². The van der Waals surface area contributed by atoms with Crippen molar-refractivity contribution in [1.82, 2.24) is 44.9 Å². The maximum absolute atomic E-state index is 14.6. The maximum atomic E-state index is 14.6. The molecule has 1 aliphatic heterocycles. The molecule has 40 heavy (non-hydrogen) atoms. The molecule has 10 nitrogen and oxygen atoms in total. The number of benzene rings is 1. The van der Waals surface area contributed by atoms with Gasteiger partial charge in [-0.2, -0.15) is 5.10 Å². The van der Waals surface area contributed by atoms with E-state index in [1.54, 1.807) is 36.8 Å². The van der Waals surface area contributed by atoms with Gasteiger partial charge in [-0.3, -0.25) is 20.0 Å². The molecule has 0 amide bonds. The number of anilines is 1. The molecule has 0 saturated carbocycles. The summed E-state index contributed by atoms with van der Waals surface area (Å²) in [6.45, 7) is 5.01. The Morgan fingerprint density at radius 2 is 1.75 bits per heavy atom. The van der Waals surface area contributed by atoms with Crippen LogP contribution in [0.3, 0.4) is 0 Å². The van der Waals surface area contributed by atoms with E-state index in [0.717, 1.165) is 55.0 Å². The van der Waals surface area contributed by atoms with E-state index in [1.165, 1.54) is 6.07 Å². The van der Waals surface area contributed by atoms with Crippen molar-refractivity contribution in [2.24, 2.45) is 0 Å². The molecule has 0 spiro atoms. The molecular formula is C29H27FN10. The topological polar surface area (TPSA) is 115 Å². The summed E-state index contributed by atoms with van der Waals surface area (Å²) in [5.74, 6) is 0.249. The summed E-state index contributed by atoms with van der Waals surface area (Å²) in [5, 5.41) is 11.8. The molecule has 7 rings (SSSR count). The summed E-state index contributed by atoms with van der Waals surface area (Å²) in [5.41, 5.74) is 6.47. The summed E-state index contributed by atoms with van der Waals surface area (Å²) in [7, 11) is 2.16. The summed E-state index contributed by atoms with van der Waals surface area (Å²) < 4.78 is 14.6. The third-order valence-corrected chi connectivity index (χ3v) is 7.38. The van der Waals surface area contributed by atoms with E-state index in [4.69, 9.17) is 4.98 Å². The van der Waals surface area contributed by atoms with Crippen LogP contribution >= 0.6 is 0 Å². The lowest BCUT2D eigenvalue weighted by atomic mass is 10.1. The summed E-state index contributed by atoms with van der Waals surface area (Å²) in [4.78, 5) is 26.2. The average molecular weight is 535 g/mol. The Labute approximate surface area is 229 Å². The van der Waals surface area contributed by atoms with Gasteiger partial charge in [0.15, 0.2) is 11.5 Å². The van der Waals surface area contributed by atoms with Crippen molar-refractivity contribution in [3.8, 4) is 33.8 Å². The molecule has 1 fully saturated rings. The molecular weight excluding hydrogens is 507 g/mol. The Morgan fingerprint density at radius 3 is 2.62 bits per heavy atom. The number of hydrogen-bond donors (Lipinski definition) is 3. The van der Waals surface area contributed by atoms with Crippen molar-refractivity contribution in [1.29, 1.82) is 0 Å². The third-order valence-electron chi connectivity index (χ3n) is 7.38. The van der Waals surface area contributed by atoms with Crippen LogP contribution in [0.2, 0.25) is 0 Å². The van der Waals surface area contributed by atoms with E-state index in [-0.39, 0.29) is 5.82 Å². The molecule has 0 aliphatic carbocycles. The van der Waals surface area contributed by atoms with Crippen molar-refractivity contribution >= 4 is 27.8 Å². The number of aromatic nitrogens is 7. The van der Waals surface area contributed by atoms with Crippen LogP contribution in [0, 0.1) is 5.82 Å². The highest BCUT2D eigenvalue weighted by molar-refractivity contribution is 5.96. The van der Waals surface area contributed by atoms with Gasteiger partial charge in [-0.05, 0) is 25.2 Å². The van der Waals surface area contributed by atoms with E-state index in [9.17, 15) is 4.39 Å². The Hall–Kier alpha value is -4.74. The van der Waals surface area contributed by atoms with Gasteiger partial charge in [-0.1, -0.05) is 18.2 Å². The number of imidazole rings is 1. The highest BCUT2D eigenvalue weighted by Gasteiger charge is 2.18. The number of H-pyrrole nitrogens is 2. The van der Waals surface area contributed by atoms with Crippen LogP contribution in [0.5, 0.6) is 0 Å². The number of fused-ring (bicyclic) bond motifs is 2. The molecule has 0 atom stereocenters. The normalized spacial score (nSPS) is 14.8. The summed E-state index contributed by atoms with van der Waals surface area (Å²) in [6.07, 6.45) is 8.78. The predicted octanol–water partition coefficient (Wildman–Crippen LogP) is 4.38. The lowest BCUT2D eigenvalue weighted by molar-refractivity contribution is 0.162. The highest BCUT2D eigenvalue weighted by Crippen LogP contribution is 2.33. The van der Waals surface area contributed by atoms with Crippen LogP contribution in [0.4, 0.5) is 10.1 Å². The lowest BCUT2D eigenvalue weighted by Gasteiger charge is -2.32. The molecule has 6 heterocycles. The summed E-state index contributed by atoms with van der Waals surface area (Å²) >= 11 is 0. The van der Waals surface area contributed by atoms with Crippen LogP contribution in [0.25, 0.3) is 55.8 Å². The number of rotatable bonds is 6. The molecule has 1 saturated heterocycles. The molecule has 1 aliphatic rings. The molecule has 0 unspecified atom stereocenters. The third kappa shape index (κ3) is 4.55. The first-order valence-corrected chi connectivity index (χ1v) is 13.2. The van der Waals surface area contributed by atoms with Crippen molar-refractivity contribution < 1.29 is 4.39 Å². The molecule has 5 aromatic heterocycles. The quantitative estimate of drug-likeness (QED) is 0.289. The van der Waals surface area contributed by atoms with E-state index >= 15 is 0 Å². The van der Waals surface area contributed by atoms with Crippen molar-refractivity contribution in [3.05, 3.63) is 73.2 Å². The van der Waals surface area contributed by atoms with Crippen LogP contribution in [-0.2, 0) is 0 Å². The van der Waals surface area contributed by atoms with Gasteiger partial charge in [0, 0.05) is 67.0 Å². The minimum absolute atomic E-state index is 0.323. The predicted molar refractivity (Wildman–Crippen MR) is 153 cm³/mol. The average Bonchev–Trinajstić information content (AvgIpc) is 3.61. The van der Waals surface area contributed by atoms with Gasteiger partial charge in [0.25, 0.3) is 0 Å². The smallest absolute Gasteiger partial charge is 0.181 e. The van der Waals surface area contributed by atoms with Crippen LogP contribution in [-0.4, -0.2) is 84.8 Å². The van der Waals surface area contributed by atoms with Crippen molar-refractivity contribution in [2.45, 2.75) is 0 Å². The zero-order chi connectivity index (χ0) is 27.1. The molecule has 6 aromatic rings. The van der Waals surface area contributed by atoms with Crippen molar-refractivity contribution in [2.75, 3.05) is 45.2 Å². The van der Waals surface area contributed by atoms with Crippen LogP contribution in [0.1, 0.15) is 0 Å². The number of likely N-dealkylation sites (N-methyl/N-ethyl adjacent to an activating group) is 1. The first-order valence-electron chi connectivity index (χ1n) is 13.2. The Bertz CT molecular complexity index is 1820. The second-order valence-electron chi connectivity index (χ2n) is 10.1. The molecule has 11 heteroatoms. The van der Waals surface area contributed by atoms with Gasteiger partial charge in [-0.15, -0.1) is 0 Å². The molecule has 3 N–H and O–H groups in total. The van der Waals surface area contributed by atoms with Crippen LogP contribution in [0.15, 0.2) is 67.4 Å². The number of aromatic amines is 2. The van der Waals surface area contributed by atoms with E-state index < -0.39 is 0 Å². The van der Waals surface area contributed by atoms with E-state index in [0.29, 0.717) is 39.3 Å². The molecule has 0 radical (unpaired) electrons. The van der Waals surface area contributed by atoms with Crippen LogP contribution < -0.4 is 5.32 Å². The van der Waals surface area contributed by atoms with Gasteiger partial charge in [0.2, 0.25) is 0 Å². The zero-order valence-electron chi connectivity index (χ0n) is 21.9. The number of hydrogen-bond acceptors (Lipinski definition) is 8. The zero-order valence-corrected chi connectivity index (χ0v) is 21.9. The maximum Gasteiger partial charge on any atom is 0.181 e. The van der Waals surface area contributed by atoms with Gasteiger partial charge < -0.3 is 15.2 Å². The minimum Gasteiger partial charge on any atom is -0.371 e. The second kappa shape index (κ2) is 10.1. The Balaban J connectivity index is 1.20. The lowest BCUT2D eigenvalue weighted by Crippen LogP contribution is -2.46. The first-order chi connectivity index (χ1) is 19.6. The molecule has 0 bridgehead atoms. The SMILES string of the molecule is CN1CCN(CNc2cncc(-c3cnc4n[nH]c(-c5nc6c(-c7ccccc7F)cncc6[nH]5)c4c3)c2)CC1. The van der Waals surface area contributed by atoms with Gasteiger partial charge in [0.05, 0.1) is 35.7 Å². The molecule has 1 aromatic carbocycles. The fourth-order valence-corrected chi connectivity index (χ4v) is 5.07. The monoisotopic (exact) mass is 534 g/mol.